The lowest BCUT2D eigenvalue weighted by atomic mass is 9.95. The van der Waals surface area contributed by atoms with Gasteiger partial charge in [0.1, 0.15) is 0 Å². The fourth-order valence-corrected chi connectivity index (χ4v) is 1.77. The maximum atomic E-state index is 11.3. The van der Waals surface area contributed by atoms with Crippen LogP contribution < -0.4 is 0 Å². The standard InChI is InChI=1S/C13H26O2/c1-4-7-8-9-10-12(5-2)11-13(14)15-6-3/h12H,4-11H2,1-3H3/t12-/m1/s1. The minimum atomic E-state index is -0.0279. The van der Waals surface area contributed by atoms with Crippen LogP contribution in [-0.2, 0) is 9.53 Å². The van der Waals surface area contributed by atoms with E-state index in [0.29, 0.717) is 18.9 Å². The van der Waals surface area contributed by atoms with Crippen LogP contribution in [0.1, 0.15) is 65.7 Å². The molecule has 0 N–H and O–H groups in total. The molecule has 0 rings (SSSR count). The second-order valence-corrected chi connectivity index (χ2v) is 4.13. The average molecular weight is 214 g/mol. The van der Waals surface area contributed by atoms with Crippen molar-refractivity contribution in [1.29, 1.82) is 0 Å². The molecule has 0 aliphatic heterocycles. The van der Waals surface area contributed by atoms with Crippen LogP contribution in [0.15, 0.2) is 0 Å². The molecule has 0 amide bonds. The summed E-state index contributed by atoms with van der Waals surface area (Å²) in [6.45, 7) is 6.74. The van der Waals surface area contributed by atoms with Crippen LogP contribution in [-0.4, -0.2) is 12.6 Å². The Balaban J connectivity index is 3.58. The molecule has 0 spiro atoms. The Morgan fingerprint density at radius 1 is 1.13 bits per heavy atom. The topological polar surface area (TPSA) is 26.3 Å². The van der Waals surface area contributed by atoms with Crippen molar-refractivity contribution < 1.29 is 9.53 Å². The minimum Gasteiger partial charge on any atom is -0.466 e. The molecule has 1 atom stereocenters. The minimum absolute atomic E-state index is 0.0279. The molecule has 0 radical (unpaired) electrons. The highest BCUT2D eigenvalue weighted by Crippen LogP contribution is 2.18. The quantitative estimate of drug-likeness (QED) is 0.429. The molecule has 0 fully saturated rings. The SMILES string of the molecule is CCCCCC[C@@H](CC)CC(=O)OCC. The number of esters is 1. The first-order valence-electron chi connectivity index (χ1n) is 6.40. The number of hydrogen-bond acceptors (Lipinski definition) is 2. The number of carbonyl (C=O) groups excluding carboxylic acids is 1. The van der Waals surface area contributed by atoms with E-state index >= 15 is 0 Å². The van der Waals surface area contributed by atoms with Crippen LogP contribution in [0.3, 0.4) is 0 Å². The van der Waals surface area contributed by atoms with Crippen LogP contribution in [0.5, 0.6) is 0 Å². The molecule has 2 heteroatoms. The van der Waals surface area contributed by atoms with Crippen LogP contribution in [0.25, 0.3) is 0 Å². The lowest BCUT2D eigenvalue weighted by molar-refractivity contribution is -0.144. The van der Waals surface area contributed by atoms with Crippen molar-refractivity contribution in [1.82, 2.24) is 0 Å². The second-order valence-electron chi connectivity index (χ2n) is 4.13. The summed E-state index contributed by atoms with van der Waals surface area (Å²) in [5, 5.41) is 0. The van der Waals surface area contributed by atoms with Crippen molar-refractivity contribution in [3.8, 4) is 0 Å². The molecule has 2 nitrogen and oxygen atoms in total. The Morgan fingerprint density at radius 2 is 1.87 bits per heavy atom. The number of ether oxygens (including phenoxy) is 1. The summed E-state index contributed by atoms with van der Waals surface area (Å²) in [5.74, 6) is 0.501. The van der Waals surface area contributed by atoms with Gasteiger partial charge in [0.05, 0.1) is 6.61 Å². The molecule has 0 aliphatic carbocycles. The lowest BCUT2D eigenvalue weighted by Crippen LogP contribution is -2.11. The molecule has 0 bridgehead atoms. The molecule has 15 heavy (non-hydrogen) atoms. The van der Waals surface area contributed by atoms with Crippen molar-refractivity contribution in [3.63, 3.8) is 0 Å². The summed E-state index contributed by atoms with van der Waals surface area (Å²) in [6, 6.07) is 0. The largest absolute Gasteiger partial charge is 0.466 e. The van der Waals surface area contributed by atoms with Gasteiger partial charge in [-0.25, -0.2) is 0 Å². The van der Waals surface area contributed by atoms with E-state index in [1.165, 1.54) is 32.1 Å². The second kappa shape index (κ2) is 10.0. The number of carbonyl (C=O) groups is 1. The fourth-order valence-electron chi connectivity index (χ4n) is 1.77. The van der Waals surface area contributed by atoms with E-state index in [1.807, 2.05) is 6.92 Å². The van der Waals surface area contributed by atoms with Gasteiger partial charge in [0, 0.05) is 6.42 Å². The third-order valence-corrected chi connectivity index (χ3v) is 2.80. The third-order valence-electron chi connectivity index (χ3n) is 2.80. The van der Waals surface area contributed by atoms with Crippen molar-refractivity contribution in [2.45, 2.75) is 65.7 Å². The summed E-state index contributed by atoms with van der Waals surface area (Å²) in [6.07, 6.45) is 8.02. The average Bonchev–Trinajstić information content (AvgIpc) is 2.23. The van der Waals surface area contributed by atoms with Crippen molar-refractivity contribution in [2.75, 3.05) is 6.61 Å². The van der Waals surface area contributed by atoms with E-state index in [2.05, 4.69) is 13.8 Å². The van der Waals surface area contributed by atoms with E-state index in [0.717, 1.165) is 6.42 Å². The molecular weight excluding hydrogens is 188 g/mol. The van der Waals surface area contributed by atoms with Gasteiger partial charge in [-0.1, -0.05) is 46.0 Å². The highest BCUT2D eigenvalue weighted by Gasteiger charge is 2.12. The normalized spacial score (nSPS) is 12.5. The lowest BCUT2D eigenvalue weighted by Gasteiger charge is -2.13. The van der Waals surface area contributed by atoms with Gasteiger partial charge in [0.2, 0.25) is 0 Å². The molecule has 0 heterocycles. The van der Waals surface area contributed by atoms with Crippen molar-refractivity contribution in [2.24, 2.45) is 5.92 Å². The van der Waals surface area contributed by atoms with E-state index in [1.54, 1.807) is 0 Å². The zero-order valence-corrected chi connectivity index (χ0v) is 10.6. The predicted molar refractivity (Wildman–Crippen MR) is 63.8 cm³/mol. The third kappa shape index (κ3) is 8.46. The zero-order valence-electron chi connectivity index (χ0n) is 10.6. The maximum absolute atomic E-state index is 11.3. The smallest absolute Gasteiger partial charge is 0.306 e. The maximum Gasteiger partial charge on any atom is 0.306 e. The number of rotatable bonds is 9. The molecule has 90 valence electrons. The van der Waals surface area contributed by atoms with Gasteiger partial charge in [0.15, 0.2) is 0 Å². The van der Waals surface area contributed by atoms with E-state index in [-0.39, 0.29) is 5.97 Å². The fraction of sp³-hybridized carbons (Fsp3) is 0.923. The molecule has 0 aromatic rings. The monoisotopic (exact) mass is 214 g/mol. The molecule has 0 saturated heterocycles. The van der Waals surface area contributed by atoms with Gasteiger partial charge in [-0.3, -0.25) is 4.79 Å². The summed E-state index contributed by atoms with van der Waals surface area (Å²) < 4.78 is 4.96. The van der Waals surface area contributed by atoms with Crippen LogP contribution >= 0.6 is 0 Å². The molecule has 0 saturated carbocycles. The summed E-state index contributed by atoms with van der Waals surface area (Å²) in [5.41, 5.74) is 0. The molecular formula is C13H26O2. The van der Waals surface area contributed by atoms with Gasteiger partial charge in [-0.05, 0) is 19.3 Å². The van der Waals surface area contributed by atoms with Crippen molar-refractivity contribution in [3.05, 3.63) is 0 Å². The van der Waals surface area contributed by atoms with E-state index in [9.17, 15) is 4.79 Å². The first-order chi connectivity index (χ1) is 7.24. The summed E-state index contributed by atoms with van der Waals surface area (Å²) >= 11 is 0. The molecule has 0 aromatic heterocycles. The highest BCUT2D eigenvalue weighted by atomic mass is 16.5. The molecule has 0 aromatic carbocycles. The highest BCUT2D eigenvalue weighted by molar-refractivity contribution is 5.69. The van der Waals surface area contributed by atoms with Gasteiger partial charge in [0.25, 0.3) is 0 Å². The molecule has 0 aliphatic rings. The van der Waals surface area contributed by atoms with Gasteiger partial charge in [-0.2, -0.15) is 0 Å². The predicted octanol–water partition coefficient (Wildman–Crippen LogP) is 3.94. The number of unbranched alkanes of at least 4 members (excludes halogenated alkanes) is 3. The van der Waals surface area contributed by atoms with Gasteiger partial charge < -0.3 is 4.74 Å². The summed E-state index contributed by atoms with van der Waals surface area (Å²) in [4.78, 5) is 11.3. The Labute approximate surface area is 94.4 Å². The summed E-state index contributed by atoms with van der Waals surface area (Å²) in [7, 11) is 0. The van der Waals surface area contributed by atoms with Crippen LogP contribution in [0.4, 0.5) is 0 Å². The van der Waals surface area contributed by atoms with E-state index in [4.69, 9.17) is 4.74 Å². The Hall–Kier alpha value is -0.530. The van der Waals surface area contributed by atoms with Crippen LogP contribution in [0.2, 0.25) is 0 Å². The first-order valence-corrected chi connectivity index (χ1v) is 6.40. The van der Waals surface area contributed by atoms with Gasteiger partial charge in [-0.15, -0.1) is 0 Å². The number of hydrogen-bond donors (Lipinski definition) is 0. The van der Waals surface area contributed by atoms with Gasteiger partial charge >= 0.3 is 5.97 Å². The Morgan fingerprint density at radius 3 is 2.40 bits per heavy atom. The first kappa shape index (κ1) is 14.5. The Bertz CT molecular complexity index is 155. The Kier molecular flexibility index (Phi) is 9.65. The zero-order chi connectivity index (χ0) is 11.5. The van der Waals surface area contributed by atoms with Crippen molar-refractivity contribution >= 4 is 5.97 Å². The van der Waals surface area contributed by atoms with E-state index < -0.39 is 0 Å². The van der Waals surface area contributed by atoms with Crippen LogP contribution in [0, 0.1) is 5.92 Å². The molecule has 0 unspecified atom stereocenters.